The molecule has 0 saturated heterocycles. The summed E-state index contributed by atoms with van der Waals surface area (Å²) in [6, 6.07) is 25.4. The van der Waals surface area contributed by atoms with E-state index in [0.717, 1.165) is 28.3 Å². The third-order valence-corrected chi connectivity index (χ3v) is 4.43. The number of aromatic nitrogens is 3. The first-order valence-corrected chi connectivity index (χ1v) is 8.81. The van der Waals surface area contributed by atoms with Gasteiger partial charge in [0.25, 0.3) is 0 Å². The zero-order valence-electron chi connectivity index (χ0n) is 15.0. The summed E-state index contributed by atoms with van der Waals surface area (Å²) in [5.74, 6) is 1.05. The molecule has 0 fully saturated rings. The fraction of sp³-hybridized carbons (Fsp3) is 0.0909. The molecule has 4 aromatic rings. The fourth-order valence-corrected chi connectivity index (χ4v) is 2.94. The van der Waals surface area contributed by atoms with Gasteiger partial charge in [-0.25, -0.2) is 0 Å². The van der Waals surface area contributed by atoms with Crippen LogP contribution in [0.3, 0.4) is 0 Å². The molecule has 0 aliphatic heterocycles. The number of aromatic hydroxyl groups is 1. The molecule has 27 heavy (non-hydrogen) atoms. The molecule has 1 aromatic heterocycles. The summed E-state index contributed by atoms with van der Waals surface area (Å²) >= 11 is 0. The monoisotopic (exact) mass is 356 g/mol. The van der Waals surface area contributed by atoms with Crippen molar-refractivity contribution in [1.82, 2.24) is 15.0 Å². The third-order valence-electron chi connectivity index (χ3n) is 4.43. The van der Waals surface area contributed by atoms with Gasteiger partial charge in [-0.15, -0.1) is 5.10 Å². The Hall–Kier alpha value is -3.60. The first-order chi connectivity index (χ1) is 13.2. The first kappa shape index (κ1) is 16.8. The Kier molecular flexibility index (Phi) is 4.58. The third kappa shape index (κ3) is 3.53. The van der Waals surface area contributed by atoms with Crippen molar-refractivity contribution in [2.24, 2.45) is 0 Å². The number of para-hydroxylation sites is 2. The number of phenols is 1. The average molecular weight is 356 g/mol. The number of rotatable bonds is 5. The van der Waals surface area contributed by atoms with Gasteiger partial charge in [-0.3, -0.25) is 0 Å². The molecule has 0 unspecified atom stereocenters. The lowest BCUT2D eigenvalue weighted by molar-refractivity contribution is 0.469. The summed E-state index contributed by atoms with van der Waals surface area (Å²) in [4.78, 5) is 0. The Bertz CT molecular complexity index is 1040. The van der Waals surface area contributed by atoms with E-state index in [4.69, 9.17) is 0 Å². The normalized spacial score (nSPS) is 10.7. The Labute approximate surface area is 157 Å². The van der Waals surface area contributed by atoms with Crippen molar-refractivity contribution < 1.29 is 5.11 Å². The Morgan fingerprint density at radius 2 is 1.59 bits per heavy atom. The van der Waals surface area contributed by atoms with Gasteiger partial charge in [0, 0.05) is 17.7 Å². The SMILES string of the molecule is Cc1ccc(-c2nnn(-c3ccccc3)c2NCc2ccccc2O)cc1. The molecule has 4 rings (SSSR count). The summed E-state index contributed by atoms with van der Waals surface area (Å²) in [5, 5.41) is 22.2. The molecule has 0 atom stereocenters. The highest BCUT2D eigenvalue weighted by molar-refractivity contribution is 5.73. The number of hydrogen-bond acceptors (Lipinski definition) is 4. The molecule has 0 radical (unpaired) electrons. The van der Waals surface area contributed by atoms with Crippen molar-refractivity contribution >= 4 is 5.82 Å². The highest BCUT2D eigenvalue weighted by Crippen LogP contribution is 2.29. The molecular weight excluding hydrogens is 336 g/mol. The summed E-state index contributed by atoms with van der Waals surface area (Å²) in [6.07, 6.45) is 0. The lowest BCUT2D eigenvalue weighted by Crippen LogP contribution is -2.07. The molecule has 1 heterocycles. The highest BCUT2D eigenvalue weighted by Gasteiger charge is 2.16. The van der Waals surface area contributed by atoms with Gasteiger partial charge in [0.05, 0.1) is 5.69 Å². The van der Waals surface area contributed by atoms with Crippen molar-refractivity contribution in [3.05, 3.63) is 90.0 Å². The predicted octanol–water partition coefficient (Wildman–Crippen LogP) is 4.56. The van der Waals surface area contributed by atoms with E-state index in [1.54, 1.807) is 10.7 Å². The molecule has 0 amide bonds. The number of nitrogens with one attached hydrogen (secondary N) is 1. The quantitative estimate of drug-likeness (QED) is 0.550. The molecule has 5 nitrogen and oxygen atoms in total. The van der Waals surface area contributed by atoms with Crippen molar-refractivity contribution in [2.75, 3.05) is 5.32 Å². The van der Waals surface area contributed by atoms with Gasteiger partial charge in [-0.05, 0) is 25.1 Å². The van der Waals surface area contributed by atoms with Crippen LogP contribution in [-0.2, 0) is 6.54 Å². The summed E-state index contributed by atoms with van der Waals surface area (Å²) < 4.78 is 1.79. The first-order valence-electron chi connectivity index (χ1n) is 8.81. The van der Waals surface area contributed by atoms with Crippen LogP contribution in [0.25, 0.3) is 16.9 Å². The second-order valence-corrected chi connectivity index (χ2v) is 6.38. The number of hydrogen-bond donors (Lipinski definition) is 2. The number of anilines is 1. The molecule has 134 valence electrons. The lowest BCUT2D eigenvalue weighted by atomic mass is 10.1. The van der Waals surface area contributed by atoms with Crippen LogP contribution in [0, 0.1) is 6.92 Å². The maximum Gasteiger partial charge on any atom is 0.158 e. The van der Waals surface area contributed by atoms with Crippen LogP contribution in [0.1, 0.15) is 11.1 Å². The van der Waals surface area contributed by atoms with Crippen LogP contribution < -0.4 is 5.32 Å². The van der Waals surface area contributed by atoms with Gasteiger partial charge >= 0.3 is 0 Å². The minimum Gasteiger partial charge on any atom is -0.508 e. The Morgan fingerprint density at radius 1 is 0.889 bits per heavy atom. The average Bonchev–Trinajstić information content (AvgIpc) is 3.12. The highest BCUT2D eigenvalue weighted by atomic mass is 16.3. The maximum absolute atomic E-state index is 10.1. The van der Waals surface area contributed by atoms with E-state index < -0.39 is 0 Å². The van der Waals surface area contributed by atoms with E-state index in [0.29, 0.717) is 6.54 Å². The van der Waals surface area contributed by atoms with Crippen molar-refractivity contribution in [1.29, 1.82) is 0 Å². The fourth-order valence-electron chi connectivity index (χ4n) is 2.94. The topological polar surface area (TPSA) is 63.0 Å². The van der Waals surface area contributed by atoms with E-state index >= 15 is 0 Å². The van der Waals surface area contributed by atoms with E-state index in [9.17, 15) is 5.11 Å². The zero-order valence-corrected chi connectivity index (χ0v) is 15.0. The molecule has 0 aliphatic rings. The van der Waals surface area contributed by atoms with Crippen LogP contribution in [0.2, 0.25) is 0 Å². The van der Waals surface area contributed by atoms with Gasteiger partial charge in [-0.2, -0.15) is 4.68 Å². The summed E-state index contributed by atoms with van der Waals surface area (Å²) in [6.45, 7) is 2.52. The van der Waals surface area contributed by atoms with E-state index in [1.165, 1.54) is 5.56 Å². The smallest absolute Gasteiger partial charge is 0.158 e. The Balaban J connectivity index is 1.75. The van der Waals surface area contributed by atoms with Gasteiger partial charge in [0.1, 0.15) is 11.4 Å². The Morgan fingerprint density at radius 3 is 2.33 bits per heavy atom. The lowest BCUT2D eigenvalue weighted by Gasteiger charge is -2.12. The number of aryl methyl sites for hydroxylation is 1. The molecule has 3 aromatic carbocycles. The van der Waals surface area contributed by atoms with Gasteiger partial charge in [0.2, 0.25) is 0 Å². The zero-order chi connectivity index (χ0) is 18.6. The summed E-state index contributed by atoms with van der Waals surface area (Å²) in [5.41, 5.74) is 4.69. The van der Waals surface area contributed by atoms with Crippen LogP contribution in [-0.4, -0.2) is 20.1 Å². The molecule has 0 saturated carbocycles. The van der Waals surface area contributed by atoms with Gasteiger partial charge in [-0.1, -0.05) is 71.4 Å². The van der Waals surface area contributed by atoms with Crippen LogP contribution >= 0.6 is 0 Å². The van der Waals surface area contributed by atoms with E-state index in [2.05, 4.69) is 34.7 Å². The summed E-state index contributed by atoms with van der Waals surface area (Å²) in [7, 11) is 0. The van der Waals surface area contributed by atoms with Crippen LogP contribution in [0.4, 0.5) is 5.82 Å². The number of phenolic OH excluding ortho intramolecular Hbond substituents is 1. The standard InChI is InChI=1S/C22H20N4O/c1-16-11-13-17(14-12-16)21-22(23-15-18-7-5-6-10-20(18)27)26(25-24-21)19-8-3-2-4-9-19/h2-14,23,27H,15H2,1H3. The van der Waals surface area contributed by atoms with Gasteiger partial charge in [0.15, 0.2) is 5.82 Å². The van der Waals surface area contributed by atoms with E-state index in [1.807, 2.05) is 60.7 Å². The van der Waals surface area contributed by atoms with Crippen LogP contribution in [0.5, 0.6) is 5.75 Å². The second-order valence-electron chi connectivity index (χ2n) is 6.38. The molecule has 0 spiro atoms. The predicted molar refractivity (Wildman–Crippen MR) is 107 cm³/mol. The molecular formula is C22H20N4O. The second kappa shape index (κ2) is 7.33. The molecule has 0 aliphatic carbocycles. The molecule has 5 heteroatoms. The minimum atomic E-state index is 0.264. The number of benzene rings is 3. The molecule has 2 N–H and O–H groups in total. The minimum absolute atomic E-state index is 0.264. The van der Waals surface area contributed by atoms with Crippen LogP contribution in [0.15, 0.2) is 78.9 Å². The van der Waals surface area contributed by atoms with Crippen molar-refractivity contribution in [3.8, 4) is 22.7 Å². The maximum atomic E-state index is 10.1. The van der Waals surface area contributed by atoms with E-state index in [-0.39, 0.29) is 5.75 Å². The van der Waals surface area contributed by atoms with Gasteiger partial charge < -0.3 is 10.4 Å². The van der Waals surface area contributed by atoms with Crippen molar-refractivity contribution in [2.45, 2.75) is 13.5 Å². The largest absolute Gasteiger partial charge is 0.508 e. The number of nitrogens with zero attached hydrogens (tertiary/aromatic N) is 3. The molecule has 0 bridgehead atoms. The van der Waals surface area contributed by atoms with Crippen molar-refractivity contribution in [3.63, 3.8) is 0 Å².